The molecular formula is C12H12N2O. The quantitative estimate of drug-likeness (QED) is 0.582. The van der Waals surface area contributed by atoms with Gasteiger partial charge in [0.2, 0.25) is 0 Å². The van der Waals surface area contributed by atoms with Gasteiger partial charge in [0.25, 0.3) is 0 Å². The van der Waals surface area contributed by atoms with E-state index in [2.05, 4.69) is 4.98 Å². The molecule has 1 heterocycles. The molecule has 0 radical (unpaired) electrons. The lowest BCUT2D eigenvalue weighted by Gasteiger charge is -2.08. The number of allylic oxidation sites excluding steroid dienone is 1. The van der Waals surface area contributed by atoms with Gasteiger partial charge in [0.15, 0.2) is 5.78 Å². The number of hydrogen-bond donors (Lipinski definition) is 0. The van der Waals surface area contributed by atoms with Gasteiger partial charge in [0.1, 0.15) is 0 Å². The van der Waals surface area contributed by atoms with Crippen LogP contribution in [0.15, 0.2) is 30.1 Å². The van der Waals surface area contributed by atoms with Crippen molar-refractivity contribution in [3.63, 3.8) is 0 Å². The minimum atomic E-state index is 0.0317. The van der Waals surface area contributed by atoms with E-state index in [1.807, 2.05) is 37.2 Å². The Morgan fingerprint density at radius 1 is 1.33 bits per heavy atom. The second kappa shape index (κ2) is 3.69. The van der Waals surface area contributed by atoms with Crippen LogP contribution in [0.4, 0.5) is 0 Å². The van der Waals surface area contributed by atoms with Crippen molar-refractivity contribution in [2.24, 2.45) is 0 Å². The van der Waals surface area contributed by atoms with Crippen LogP contribution in [-0.2, 0) is 4.79 Å². The van der Waals surface area contributed by atoms with E-state index < -0.39 is 0 Å². The Labute approximate surface area is 88.1 Å². The second-order valence-electron chi connectivity index (χ2n) is 3.68. The summed E-state index contributed by atoms with van der Waals surface area (Å²) in [7, 11) is 3.78. The van der Waals surface area contributed by atoms with Gasteiger partial charge in [-0.15, -0.1) is 0 Å². The van der Waals surface area contributed by atoms with Gasteiger partial charge in [-0.2, -0.15) is 0 Å². The highest BCUT2D eigenvalue weighted by Gasteiger charge is 2.08. The average Bonchev–Trinajstić information content (AvgIpc) is 2.18. The summed E-state index contributed by atoms with van der Waals surface area (Å²) < 4.78 is 0. The van der Waals surface area contributed by atoms with Crippen LogP contribution >= 0.6 is 0 Å². The summed E-state index contributed by atoms with van der Waals surface area (Å²) in [6.45, 7) is 0. The lowest BCUT2D eigenvalue weighted by Crippen LogP contribution is -2.32. The van der Waals surface area contributed by atoms with Crippen LogP contribution in [0.1, 0.15) is 0 Å². The summed E-state index contributed by atoms with van der Waals surface area (Å²) >= 11 is 0. The maximum atomic E-state index is 11.7. The number of ketones is 1. The van der Waals surface area contributed by atoms with Crippen LogP contribution < -0.4 is 10.6 Å². The minimum absolute atomic E-state index is 0.0317. The SMILES string of the molecule is CN(C)/C=C1\C=c2ncccc2=CC1=O. The van der Waals surface area contributed by atoms with Gasteiger partial charge >= 0.3 is 0 Å². The van der Waals surface area contributed by atoms with Crippen LogP contribution in [-0.4, -0.2) is 29.8 Å². The van der Waals surface area contributed by atoms with Gasteiger partial charge in [0.05, 0.1) is 5.35 Å². The third-order valence-corrected chi connectivity index (χ3v) is 2.13. The molecule has 76 valence electrons. The maximum absolute atomic E-state index is 11.7. The first-order valence-electron chi connectivity index (χ1n) is 4.74. The molecule has 0 fully saturated rings. The van der Waals surface area contributed by atoms with Crippen molar-refractivity contribution < 1.29 is 4.79 Å². The van der Waals surface area contributed by atoms with Crippen molar-refractivity contribution in [2.75, 3.05) is 14.1 Å². The van der Waals surface area contributed by atoms with E-state index >= 15 is 0 Å². The van der Waals surface area contributed by atoms with Crippen molar-refractivity contribution >= 4 is 17.9 Å². The summed E-state index contributed by atoms with van der Waals surface area (Å²) in [5.41, 5.74) is 0.672. The zero-order chi connectivity index (χ0) is 10.8. The second-order valence-corrected chi connectivity index (χ2v) is 3.68. The van der Waals surface area contributed by atoms with Gasteiger partial charge in [-0.3, -0.25) is 9.78 Å². The predicted octanol–water partition coefficient (Wildman–Crippen LogP) is -0.329. The molecule has 3 nitrogen and oxygen atoms in total. The molecular weight excluding hydrogens is 188 g/mol. The number of nitrogens with zero attached hydrogens (tertiary/aromatic N) is 2. The molecule has 0 atom stereocenters. The Morgan fingerprint density at radius 3 is 2.87 bits per heavy atom. The third kappa shape index (κ3) is 1.96. The Kier molecular flexibility index (Phi) is 2.37. The van der Waals surface area contributed by atoms with E-state index in [1.165, 1.54) is 0 Å². The van der Waals surface area contributed by atoms with E-state index in [9.17, 15) is 4.79 Å². The molecule has 3 heteroatoms. The number of carbonyl (C=O) groups excluding carboxylic acids is 1. The summed E-state index contributed by atoms with van der Waals surface area (Å²) in [6.07, 6.45) is 6.97. The van der Waals surface area contributed by atoms with Gasteiger partial charge in [-0.05, 0) is 18.2 Å². The van der Waals surface area contributed by atoms with E-state index in [0.717, 1.165) is 10.6 Å². The van der Waals surface area contributed by atoms with Crippen molar-refractivity contribution in [2.45, 2.75) is 0 Å². The number of aromatic nitrogens is 1. The molecule has 1 aliphatic carbocycles. The van der Waals surface area contributed by atoms with Crippen molar-refractivity contribution in [1.82, 2.24) is 9.88 Å². The highest BCUT2D eigenvalue weighted by molar-refractivity contribution is 6.22. The number of hydrogen-bond acceptors (Lipinski definition) is 3. The molecule has 0 saturated carbocycles. The molecule has 0 aliphatic heterocycles. The van der Waals surface area contributed by atoms with Crippen LogP contribution in [0.3, 0.4) is 0 Å². The molecule has 0 saturated heterocycles. The van der Waals surface area contributed by atoms with Crippen LogP contribution in [0.5, 0.6) is 0 Å². The van der Waals surface area contributed by atoms with E-state index in [1.54, 1.807) is 18.5 Å². The van der Waals surface area contributed by atoms with Gasteiger partial charge in [0, 0.05) is 37.3 Å². The minimum Gasteiger partial charge on any atom is -0.383 e. The number of rotatable bonds is 1. The first-order chi connectivity index (χ1) is 7.16. The smallest absolute Gasteiger partial charge is 0.188 e. The summed E-state index contributed by atoms with van der Waals surface area (Å²) in [5.74, 6) is 0.0317. The van der Waals surface area contributed by atoms with Gasteiger partial charge in [-0.25, -0.2) is 0 Å². The molecule has 0 aromatic carbocycles. The Bertz CT molecular complexity index is 541. The fraction of sp³-hybridized carbons (Fsp3) is 0.167. The third-order valence-electron chi connectivity index (χ3n) is 2.13. The van der Waals surface area contributed by atoms with E-state index in [4.69, 9.17) is 0 Å². The summed E-state index contributed by atoms with van der Waals surface area (Å²) in [6, 6.07) is 3.72. The lowest BCUT2D eigenvalue weighted by atomic mass is 10.1. The Morgan fingerprint density at radius 2 is 2.13 bits per heavy atom. The molecule has 1 aromatic heterocycles. The highest BCUT2D eigenvalue weighted by atomic mass is 16.1. The number of pyridine rings is 1. The van der Waals surface area contributed by atoms with E-state index in [-0.39, 0.29) is 5.78 Å². The number of fused-ring (bicyclic) bond motifs is 1. The van der Waals surface area contributed by atoms with Gasteiger partial charge in [-0.1, -0.05) is 6.07 Å². The Hall–Kier alpha value is -1.90. The first-order valence-corrected chi connectivity index (χ1v) is 4.74. The zero-order valence-corrected chi connectivity index (χ0v) is 8.77. The lowest BCUT2D eigenvalue weighted by molar-refractivity contribution is -0.109. The topological polar surface area (TPSA) is 33.2 Å². The van der Waals surface area contributed by atoms with Crippen molar-refractivity contribution in [3.8, 4) is 0 Å². The fourth-order valence-electron chi connectivity index (χ4n) is 1.49. The van der Waals surface area contributed by atoms with Crippen LogP contribution in [0.25, 0.3) is 12.2 Å². The van der Waals surface area contributed by atoms with E-state index in [0.29, 0.717) is 5.57 Å². The molecule has 1 aliphatic rings. The molecule has 0 N–H and O–H groups in total. The Balaban J connectivity index is 2.62. The standard InChI is InChI=1S/C12H12N2O/c1-14(2)8-10-6-11-9(7-12(10)15)4-3-5-13-11/h3-8H,1-2H3/b10-8+. The molecule has 2 rings (SSSR count). The monoisotopic (exact) mass is 200 g/mol. The average molecular weight is 200 g/mol. The number of Topliss-reactive ketones (excluding diaryl/α,β-unsaturated/α-hetero) is 1. The zero-order valence-electron chi connectivity index (χ0n) is 8.77. The molecule has 0 bridgehead atoms. The van der Waals surface area contributed by atoms with Gasteiger partial charge < -0.3 is 4.90 Å². The molecule has 1 aromatic rings. The number of carbonyl (C=O) groups is 1. The normalized spacial score (nSPS) is 16.7. The van der Waals surface area contributed by atoms with Crippen molar-refractivity contribution in [3.05, 3.63) is 40.7 Å². The molecule has 15 heavy (non-hydrogen) atoms. The summed E-state index contributed by atoms with van der Waals surface area (Å²) in [5, 5.41) is 1.74. The first kappa shape index (κ1) is 9.65. The summed E-state index contributed by atoms with van der Waals surface area (Å²) in [4.78, 5) is 17.7. The van der Waals surface area contributed by atoms with Crippen LogP contribution in [0, 0.1) is 0 Å². The fourth-order valence-corrected chi connectivity index (χ4v) is 1.49. The van der Waals surface area contributed by atoms with Crippen LogP contribution in [0.2, 0.25) is 0 Å². The van der Waals surface area contributed by atoms with Crippen molar-refractivity contribution in [1.29, 1.82) is 0 Å². The molecule has 0 spiro atoms. The highest BCUT2D eigenvalue weighted by Crippen LogP contribution is 2.02. The maximum Gasteiger partial charge on any atom is 0.188 e. The largest absolute Gasteiger partial charge is 0.383 e. The molecule has 0 amide bonds. The molecule has 0 unspecified atom stereocenters. The predicted molar refractivity (Wildman–Crippen MR) is 59.2 cm³/mol.